The molecule has 0 spiro atoms. The maximum atomic E-state index is 12.4. The summed E-state index contributed by atoms with van der Waals surface area (Å²) < 4.78 is 0.567. The molecule has 1 heterocycles. The second-order valence-electron chi connectivity index (χ2n) is 7.99. The molecular formula is C28H22ClNO3S2. The lowest BCUT2D eigenvalue weighted by Gasteiger charge is -2.25. The van der Waals surface area contributed by atoms with Crippen LogP contribution in [-0.4, -0.2) is 38.7 Å². The predicted octanol–water partition coefficient (Wildman–Crippen LogP) is 6.61. The number of rotatable bonds is 8. The van der Waals surface area contributed by atoms with E-state index in [1.165, 1.54) is 17.8 Å². The first-order valence-electron chi connectivity index (χ1n) is 10.9. The zero-order valence-electron chi connectivity index (χ0n) is 18.6. The number of carboxylic acids is 1. The maximum Gasteiger partial charge on any atom is 0.326 e. The normalized spacial score (nSPS) is 15.6. The lowest BCUT2D eigenvalue weighted by Crippen LogP contribution is -2.42. The summed E-state index contributed by atoms with van der Waals surface area (Å²) in [4.78, 5) is 27.1. The number of hydrogen-bond acceptors (Lipinski definition) is 4. The Bertz CT molecular complexity index is 1300. The number of ketones is 1. The molecule has 3 aromatic rings. The SMILES string of the molecule is O=C(/C=C/c1ccc(/C=C2/CN([C@@H](Cc3ccccc3)C(=O)O)C(=S)S2)cc1)c1ccccc1Cl. The van der Waals surface area contributed by atoms with E-state index in [9.17, 15) is 14.7 Å². The predicted molar refractivity (Wildman–Crippen MR) is 148 cm³/mol. The van der Waals surface area contributed by atoms with Gasteiger partial charge in [-0.15, -0.1) is 0 Å². The number of thioether (sulfide) groups is 1. The van der Waals surface area contributed by atoms with Gasteiger partial charge >= 0.3 is 5.97 Å². The summed E-state index contributed by atoms with van der Waals surface area (Å²) in [6.45, 7) is 0.460. The van der Waals surface area contributed by atoms with Crippen molar-refractivity contribution in [2.45, 2.75) is 12.5 Å². The molecule has 0 saturated carbocycles. The Morgan fingerprint density at radius 3 is 2.34 bits per heavy atom. The minimum Gasteiger partial charge on any atom is -0.480 e. The fourth-order valence-corrected chi connectivity index (χ4v) is 5.40. The number of thiocarbonyl (C=S) groups is 1. The number of carbonyl (C=O) groups excluding carboxylic acids is 1. The third kappa shape index (κ3) is 6.48. The summed E-state index contributed by atoms with van der Waals surface area (Å²) >= 11 is 13.0. The lowest BCUT2D eigenvalue weighted by molar-refractivity contribution is -0.141. The Morgan fingerprint density at radius 1 is 1.00 bits per heavy atom. The van der Waals surface area contributed by atoms with Crippen molar-refractivity contribution in [1.82, 2.24) is 4.90 Å². The van der Waals surface area contributed by atoms with Crippen LogP contribution in [0.5, 0.6) is 0 Å². The van der Waals surface area contributed by atoms with Gasteiger partial charge in [-0.2, -0.15) is 0 Å². The smallest absolute Gasteiger partial charge is 0.326 e. The van der Waals surface area contributed by atoms with Crippen LogP contribution >= 0.6 is 35.6 Å². The number of allylic oxidation sites excluding steroid dienone is 1. The molecule has 1 aliphatic heterocycles. The molecule has 0 radical (unpaired) electrons. The molecule has 4 rings (SSSR count). The first-order chi connectivity index (χ1) is 16.9. The van der Waals surface area contributed by atoms with Gasteiger partial charge in [0.25, 0.3) is 0 Å². The van der Waals surface area contributed by atoms with E-state index in [4.69, 9.17) is 23.8 Å². The monoisotopic (exact) mass is 519 g/mol. The van der Waals surface area contributed by atoms with E-state index in [1.54, 1.807) is 35.2 Å². The molecule has 1 saturated heterocycles. The van der Waals surface area contributed by atoms with E-state index in [-0.39, 0.29) is 5.78 Å². The van der Waals surface area contributed by atoms with Crippen LogP contribution in [0.4, 0.5) is 0 Å². The van der Waals surface area contributed by atoms with Crippen molar-refractivity contribution >= 4 is 63.8 Å². The van der Waals surface area contributed by atoms with Gasteiger partial charge in [-0.1, -0.05) is 108 Å². The number of benzene rings is 3. The van der Waals surface area contributed by atoms with E-state index in [0.717, 1.165) is 21.6 Å². The van der Waals surface area contributed by atoms with Crippen LogP contribution in [0.15, 0.2) is 89.8 Å². The van der Waals surface area contributed by atoms with Gasteiger partial charge < -0.3 is 10.0 Å². The summed E-state index contributed by atoms with van der Waals surface area (Å²) in [5.74, 6) is -1.04. The number of carboxylic acid groups (broad SMARTS) is 1. The third-order valence-corrected chi connectivity index (χ3v) is 7.28. The fourth-order valence-electron chi connectivity index (χ4n) is 3.73. The van der Waals surface area contributed by atoms with E-state index in [1.807, 2.05) is 60.7 Å². The van der Waals surface area contributed by atoms with Crippen LogP contribution < -0.4 is 0 Å². The highest BCUT2D eigenvalue weighted by molar-refractivity contribution is 8.25. The Labute approximate surface area is 218 Å². The Morgan fingerprint density at radius 2 is 1.66 bits per heavy atom. The molecule has 0 bridgehead atoms. The molecule has 0 aromatic heterocycles. The Hall–Kier alpha value is -3.19. The molecule has 1 N–H and O–H groups in total. The largest absolute Gasteiger partial charge is 0.480 e. The van der Waals surface area contributed by atoms with Crippen LogP contribution in [0.1, 0.15) is 27.0 Å². The zero-order valence-corrected chi connectivity index (χ0v) is 21.0. The van der Waals surface area contributed by atoms with Crippen LogP contribution in [0.25, 0.3) is 12.2 Å². The van der Waals surface area contributed by atoms with Gasteiger partial charge in [-0.3, -0.25) is 4.79 Å². The van der Waals surface area contributed by atoms with Crippen LogP contribution in [0, 0.1) is 0 Å². The van der Waals surface area contributed by atoms with Gasteiger partial charge in [0.15, 0.2) is 5.78 Å². The van der Waals surface area contributed by atoms with Crippen molar-refractivity contribution in [3.05, 3.63) is 117 Å². The number of halogens is 1. The summed E-state index contributed by atoms with van der Waals surface area (Å²) in [7, 11) is 0. The van der Waals surface area contributed by atoms with Gasteiger partial charge in [0, 0.05) is 16.9 Å². The summed E-state index contributed by atoms with van der Waals surface area (Å²) in [6, 6.07) is 23.6. The topological polar surface area (TPSA) is 57.6 Å². The highest BCUT2D eigenvalue weighted by Gasteiger charge is 2.33. The Balaban J connectivity index is 1.42. The molecular weight excluding hydrogens is 498 g/mol. The molecule has 7 heteroatoms. The number of hydrogen-bond donors (Lipinski definition) is 1. The summed E-state index contributed by atoms with van der Waals surface area (Å²) in [5, 5.41) is 10.3. The molecule has 0 aliphatic carbocycles. The molecule has 1 atom stereocenters. The molecule has 1 fully saturated rings. The molecule has 1 aliphatic rings. The highest BCUT2D eigenvalue weighted by Crippen LogP contribution is 2.33. The van der Waals surface area contributed by atoms with Crippen LogP contribution in [-0.2, 0) is 11.2 Å². The highest BCUT2D eigenvalue weighted by atomic mass is 35.5. The third-order valence-electron chi connectivity index (χ3n) is 5.54. The molecule has 176 valence electrons. The lowest BCUT2D eigenvalue weighted by atomic mass is 10.0. The number of carbonyl (C=O) groups is 2. The fraction of sp³-hybridized carbons (Fsp3) is 0.107. The van der Waals surface area contributed by atoms with E-state index < -0.39 is 12.0 Å². The number of nitrogens with zero attached hydrogens (tertiary/aromatic N) is 1. The quantitative estimate of drug-likeness (QED) is 0.205. The van der Waals surface area contributed by atoms with Crippen molar-refractivity contribution in [1.29, 1.82) is 0 Å². The molecule has 3 aromatic carbocycles. The Kier molecular flexibility index (Phi) is 8.18. The molecule has 35 heavy (non-hydrogen) atoms. The van der Waals surface area contributed by atoms with Crippen molar-refractivity contribution in [2.75, 3.05) is 6.54 Å². The van der Waals surface area contributed by atoms with Crippen molar-refractivity contribution in [2.24, 2.45) is 0 Å². The number of aliphatic carboxylic acids is 1. The first kappa shape index (κ1) is 24.9. The summed E-state index contributed by atoms with van der Waals surface area (Å²) in [6.07, 6.45) is 5.67. The van der Waals surface area contributed by atoms with E-state index in [0.29, 0.717) is 27.9 Å². The van der Waals surface area contributed by atoms with Crippen LogP contribution in [0.3, 0.4) is 0 Å². The van der Waals surface area contributed by atoms with Gasteiger partial charge in [0.05, 0.1) is 11.6 Å². The van der Waals surface area contributed by atoms with Crippen LogP contribution in [0.2, 0.25) is 5.02 Å². The van der Waals surface area contributed by atoms with E-state index in [2.05, 4.69) is 0 Å². The zero-order chi connectivity index (χ0) is 24.8. The van der Waals surface area contributed by atoms with E-state index >= 15 is 0 Å². The second-order valence-corrected chi connectivity index (χ2v) is 10.2. The maximum absolute atomic E-state index is 12.4. The standard InChI is InChI=1S/C28H22ClNO3S2/c29-24-9-5-4-8-23(24)26(31)15-14-19-10-12-21(13-11-19)16-22-18-30(28(34)35-22)25(27(32)33)17-20-6-2-1-3-7-20/h1-16,25H,17-18H2,(H,32,33)/b15-14+,22-16-/t25-/m0/s1. The average molecular weight is 520 g/mol. The van der Waals surface area contributed by atoms with Crippen molar-refractivity contribution in [3.8, 4) is 0 Å². The second kappa shape index (κ2) is 11.5. The minimum atomic E-state index is -0.888. The average Bonchev–Trinajstić information content (AvgIpc) is 3.22. The van der Waals surface area contributed by atoms with Crippen molar-refractivity contribution < 1.29 is 14.7 Å². The first-order valence-corrected chi connectivity index (χ1v) is 12.5. The van der Waals surface area contributed by atoms with Gasteiger partial charge in [-0.25, -0.2) is 4.79 Å². The van der Waals surface area contributed by atoms with Gasteiger partial charge in [0.1, 0.15) is 10.4 Å². The van der Waals surface area contributed by atoms with Gasteiger partial charge in [-0.05, 0) is 41.0 Å². The minimum absolute atomic E-state index is 0.152. The molecule has 0 amide bonds. The van der Waals surface area contributed by atoms with Crippen molar-refractivity contribution in [3.63, 3.8) is 0 Å². The molecule has 4 nitrogen and oxygen atoms in total. The molecule has 0 unspecified atom stereocenters. The van der Waals surface area contributed by atoms with Gasteiger partial charge in [0.2, 0.25) is 0 Å². The summed E-state index contributed by atoms with van der Waals surface area (Å²) in [5.41, 5.74) is 3.29.